The van der Waals surface area contributed by atoms with Crippen molar-refractivity contribution < 1.29 is 9.90 Å². The molecule has 0 spiro atoms. The number of amides is 1. The molecule has 37 heavy (non-hydrogen) atoms. The molecule has 2 aliphatic heterocycles. The monoisotopic (exact) mass is 537 g/mol. The highest BCUT2D eigenvalue weighted by Crippen LogP contribution is 2.40. The van der Waals surface area contributed by atoms with Crippen molar-refractivity contribution >= 4 is 46.6 Å². The number of carbonyl (C=O) groups is 1. The molecule has 1 saturated heterocycles. The number of aryl methyl sites for hydroxylation is 2. The first-order valence-corrected chi connectivity index (χ1v) is 13.3. The number of rotatable bonds is 7. The van der Waals surface area contributed by atoms with Gasteiger partial charge in [0.15, 0.2) is 5.54 Å². The Morgan fingerprint density at radius 3 is 2.73 bits per heavy atom. The van der Waals surface area contributed by atoms with Gasteiger partial charge in [0.2, 0.25) is 0 Å². The number of aliphatic imine (C=N–C) groups is 1. The summed E-state index contributed by atoms with van der Waals surface area (Å²) in [5.74, 6) is 1.20. The van der Waals surface area contributed by atoms with E-state index in [9.17, 15) is 9.90 Å². The van der Waals surface area contributed by atoms with Crippen LogP contribution in [0.3, 0.4) is 0 Å². The normalized spacial score (nSPS) is 19.5. The number of thiazole rings is 1. The van der Waals surface area contributed by atoms with Gasteiger partial charge in [-0.15, -0.1) is 11.3 Å². The summed E-state index contributed by atoms with van der Waals surface area (Å²) in [7, 11) is 0. The maximum Gasteiger partial charge on any atom is 0.267 e. The smallest absolute Gasteiger partial charge is 0.267 e. The van der Waals surface area contributed by atoms with E-state index in [-0.39, 0.29) is 12.5 Å². The molecule has 1 fully saturated rings. The second-order valence-electron chi connectivity index (χ2n) is 9.03. The third-order valence-electron chi connectivity index (χ3n) is 6.55. The molecule has 1 amide bonds. The number of aromatic nitrogens is 3. The topological polar surface area (TPSA) is 107 Å². The van der Waals surface area contributed by atoms with E-state index in [2.05, 4.69) is 20.1 Å². The van der Waals surface area contributed by atoms with Gasteiger partial charge in [0.25, 0.3) is 5.91 Å². The van der Waals surface area contributed by atoms with Gasteiger partial charge in [-0.25, -0.2) is 15.0 Å². The van der Waals surface area contributed by atoms with Crippen molar-refractivity contribution in [3.05, 3.63) is 74.6 Å². The van der Waals surface area contributed by atoms with Crippen LogP contribution in [0.4, 0.5) is 11.5 Å². The summed E-state index contributed by atoms with van der Waals surface area (Å²) >= 11 is 7.58. The van der Waals surface area contributed by atoms with Crippen molar-refractivity contribution in [2.24, 2.45) is 4.99 Å². The number of hydrogen-bond acceptors (Lipinski definition) is 9. The van der Waals surface area contributed by atoms with Gasteiger partial charge in [-0.1, -0.05) is 23.7 Å². The van der Waals surface area contributed by atoms with Crippen LogP contribution in [0.2, 0.25) is 5.02 Å². The van der Waals surface area contributed by atoms with E-state index in [4.69, 9.17) is 26.6 Å². The van der Waals surface area contributed by atoms with Crippen LogP contribution in [-0.2, 0) is 5.54 Å². The van der Waals surface area contributed by atoms with Gasteiger partial charge >= 0.3 is 0 Å². The number of allylic oxidation sites excluding steroid dienone is 1. The number of anilines is 2. The van der Waals surface area contributed by atoms with Crippen LogP contribution in [0.5, 0.6) is 0 Å². The van der Waals surface area contributed by atoms with E-state index in [1.807, 2.05) is 44.2 Å². The minimum Gasteiger partial charge on any atom is -0.395 e. The number of aliphatic hydroxyl groups excluding tert-OH is 1. The summed E-state index contributed by atoms with van der Waals surface area (Å²) < 4.78 is 0. The molecule has 9 nitrogen and oxygen atoms in total. The van der Waals surface area contributed by atoms with Crippen molar-refractivity contribution in [2.45, 2.75) is 19.4 Å². The highest BCUT2D eigenvalue weighted by Gasteiger charge is 2.39. The second kappa shape index (κ2) is 10.7. The van der Waals surface area contributed by atoms with E-state index >= 15 is 0 Å². The standard InChI is InChI=1S/C26H28ClN7O2S/c1-17-5-3-6-19(27)23(17)32-24(36)20-16-28-25(37-20)26(7-4-8-29-26)21-15-22(31-18(2)30-21)34-11-9-33(10-12-34)13-14-35/h3-8,15-16,35H,9-14H2,1-2H3,(H,32,36). The zero-order valence-corrected chi connectivity index (χ0v) is 22.3. The van der Waals surface area contributed by atoms with E-state index in [1.54, 1.807) is 18.5 Å². The average molecular weight is 538 g/mol. The highest BCUT2D eigenvalue weighted by atomic mass is 35.5. The predicted octanol–water partition coefficient (Wildman–Crippen LogP) is 3.45. The Labute approximate surface area is 224 Å². The zero-order valence-electron chi connectivity index (χ0n) is 20.7. The minimum absolute atomic E-state index is 0.162. The average Bonchev–Trinajstić information content (AvgIpc) is 3.58. The molecular weight excluding hydrogens is 510 g/mol. The van der Waals surface area contributed by atoms with Gasteiger partial charge in [0.05, 0.1) is 29.2 Å². The van der Waals surface area contributed by atoms with Gasteiger partial charge in [0.1, 0.15) is 21.5 Å². The lowest BCUT2D eigenvalue weighted by molar-refractivity contribution is 0.103. The van der Waals surface area contributed by atoms with E-state index in [0.717, 1.165) is 37.6 Å². The van der Waals surface area contributed by atoms with Crippen LogP contribution in [0.25, 0.3) is 0 Å². The van der Waals surface area contributed by atoms with Gasteiger partial charge in [-0.05, 0) is 37.6 Å². The number of benzene rings is 1. The Kier molecular flexibility index (Phi) is 7.34. The third-order valence-corrected chi connectivity index (χ3v) is 7.98. The van der Waals surface area contributed by atoms with E-state index in [1.165, 1.54) is 11.3 Å². The molecule has 0 aliphatic carbocycles. The van der Waals surface area contributed by atoms with E-state index < -0.39 is 5.54 Å². The molecule has 4 heterocycles. The van der Waals surface area contributed by atoms with Crippen molar-refractivity contribution in [2.75, 3.05) is 49.5 Å². The molecule has 192 valence electrons. The molecule has 0 radical (unpaired) electrons. The van der Waals surface area contributed by atoms with Crippen molar-refractivity contribution in [1.82, 2.24) is 19.9 Å². The number of carbonyl (C=O) groups excluding carboxylic acids is 1. The largest absolute Gasteiger partial charge is 0.395 e. The Balaban J connectivity index is 1.43. The molecule has 0 saturated carbocycles. The van der Waals surface area contributed by atoms with Crippen LogP contribution >= 0.6 is 22.9 Å². The van der Waals surface area contributed by atoms with E-state index in [0.29, 0.717) is 38.7 Å². The first kappa shape index (κ1) is 25.5. The predicted molar refractivity (Wildman–Crippen MR) is 147 cm³/mol. The lowest BCUT2D eigenvalue weighted by atomic mass is 9.97. The maximum absolute atomic E-state index is 13.1. The van der Waals surface area contributed by atoms with Gasteiger partial charge in [-0.2, -0.15) is 0 Å². The first-order valence-electron chi connectivity index (χ1n) is 12.1. The number of piperazine rings is 1. The van der Waals surface area contributed by atoms with Crippen molar-refractivity contribution in [1.29, 1.82) is 0 Å². The molecular formula is C26H28ClN7O2S. The number of nitrogens with zero attached hydrogens (tertiary/aromatic N) is 6. The SMILES string of the molecule is Cc1nc(N2CCN(CCO)CC2)cc(C2(c3ncc(C(=O)Nc4c(C)cccc4Cl)s3)C=CC=N2)n1. The number of β-amino-alcohol motifs (C(OH)–C–C–N with tert-alkyl or cyclic N) is 1. The minimum atomic E-state index is -0.926. The summed E-state index contributed by atoms with van der Waals surface area (Å²) in [4.78, 5) is 36.8. The van der Waals surface area contributed by atoms with Crippen molar-refractivity contribution in [3.63, 3.8) is 0 Å². The fourth-order valence-electron chi connectivity index (χ4n) is 4.55. The van der Waals surface area contributed by atoms with Crippen LogP contribution in [-0.4, -0.2) is 76.4 Å². The summed E-state index contributed by atoms with van der Waals surface area (Å²) in [6.07, 6.45) is 7.13. The van der Waals surface area contributed by atoms with Crippen LogP contribution in [0, 0.1) is 13.8 Å². The third kappa shape index (κ3) is 5.15. The first-order chi connectivity index (χ1) is 17.9. The molecule has 0 bridgehead atoms. The maximum atomic E-state index is 13.1. The van der Waals surface area contributed by atoms with Gasteiger partial charge in [0, 0.05) is 45.0 Å². The number of halogens is 1. The Morgan fingerprint density at radius 1 is 1.22 bits per heavy atom. The van der Waals surface area contributed by atoms with Crippen LogP contribution in [0.1, 0.15) is 31.8 Å². The Bertz CT molecular complexity index is 1330. The van der Waals surface area contributed by atoms with Crippen LogP contribution < -0.4 is 10.2 Å². The lowest BCUT2D eigenvalue weighted by Gasteiger charge is -2.35. The zero-order chi connectivity index (χ0) is 26.0. The molecule has 3 aromatic rings. The molecule has 1 atom stereocenters. The molecule has 5 rings (SSSR count). The molecule has 1 unspecified atom stereocenters. The van der Waals surface area contributed by atoms with Gasteiger partial charge < -0.3 is 15.3 Å². The molecule has 2 aliphatic rings. The van der Waals surface area contributed by atoms with Crippen LogP contribution in [0.15, 0.2) is 47.6 Å². The van der Waals surface area contributed by atoms with Crippen molar-refractivity contribution in [3.8, 4) is 0 Å². The quantitative estimate of drug-likeness (QED) is 0.475. The fraction of sp³-hybridized carbons (Fsp3) is 0.346. The summed E-state index contributed by atoms with van der Waals surface area (Å²) in [5, 5.41) is 13.3. The second-order valence-corrected chi connectivity index (χ2v) is 10.5. The number of para-hydroxylation sites is 1. The summed E-state index contributed by atoms with van der Waals surface area (Å²) in [6.45, 7) is 7.95. The Hall–Kier alpha value is -3.18. The lowest BCUT2D eigenvalue weighted by Crippen LogP contribution is -2.47. The molecule has 2 aromatic heterocycles. The molecule has 2 N–H and O–H groups in total. The fourth-order valence-corrected chi connectivity index (χ4v) is 5.76. The molecule has 1 aromatic carbocycles. The summed E-state index contributed by atoms with van der Waals surface area (Å²) in [5.41, 5.74) is 1.25. The van der Waals surface area contributed by atoms with Gasteiger partial charge in [-0.3, -0.25) is 14.7 Å². The number of nitrogens with one attached hydrogen (secondary N) is 1. The highest BCUT2D eigenvalue weighted by molar-refractivity contribution is 7.14. The number of aliphatic hydroxyl groups is 1. The summed E-state index contributed by atoms with van der Waals surface area (Å²) in [6, 6.07) is 7.46. The number of hydrogen-bond donors (Lipinski definition) is 2. The Morgan fingerprint density at radius 2 is 2.03 bits per heavy atom. The molecule has 11 heteroatoms.